The second kappa shape index (κ2) is 6.35. The molecule has 1 aliphatic rings. The maximum Gasteiger partial charge on any atom is 0.211 e. The fourth-order valence-corrected chi connectivity index (χ4v) is 2.81. The van der Waals surface area contributed by atoms with Crippen molar-refractivity contribution in [2.45, 2.75) is 26.3 Å². The van der Waals surface area contributed by atoms with E-state index in [2.05, 4.69) is 37.6 Å². The Morgan fingerprint density at radius 2 is 1.74 bits per heavy atom. The normalized spacial score (nSPS) is 19.6. The molecule has 0 atom stereocenters. The van der Waals surface area contributed by atoms with Crippen LogP contribution >= 0.6 is 0 Å². The second-order valence-electron chi connectivity index (χ2n) is 6.29. The first-order valence-electron chi connectivity index (χ1n) is 6.67. The molecule has 19 heavy (non-hydrogen) atoms. The maximum absolute atomic E-state index is 11.4. The summed E-state index contributed by atoms with van der Waals surface area (Å²) in [6.07, 6.45) is 1.27. The second-order valence-corrected chi connectivity index (χ2v) is 8.27. The largest absolute Gasteiger partial charge is 0.308 e. The van der Waals surface area contributed by atoms with Gasteiger partial charge in [0.25, 0.3) is 0 Å². The summed E-state index contributed by atoms with van der Waals surface area (Å²) in [4.78, 5) is 2.26. The lowest BCUT2D eigenvalue weighted by atomic mass is 10.1. The van der Waals surface area contributed by atoms with Crippen molar-refractivity contribution in [3.05, 3.63) is 12.2 Å². The molecular weight excluding hydrogens is 262 g/mol. The Labute approximate surface area is 117 Å². The van der Waals surface area contributed by atoms with Crippen LogP contribution in [0.2, 0.25) is 0 Å². The van der Waals surface area contributed by atoms with Gasteiger partial charge in [0.05, 0.1) is 6.26 Å². The zero-order chi connectivity index (χ0) is 14.7. The van der Waals surface area contributed by atoms with Crippen molar-refractivity contribution < 1.29 is 8.42 Å². The molecule has 1 rings (SSSR count). The zero-order valence-electron chi connectivity index (χ0n) is 12.6. The highest BCUT2D eigenvalue weighted by molar-refractivity contribution is 7.88. The quantitative estimate of drug-likeness (QED) is 0.749. The van der Waals surface area contributed by atoms with E-state index >= 15 is 0 Å². The van der Waals surface area contributed by atoms with E-state index in [0.29, 0.717) is 13.1 Å². The van der Waals surface area contributed by atoms with Crippen LogP contribution in [0.4, 0.5) is 0 Å². The van der Waals surface area contributed by atoms with Crippen LogP contribution in [0.1, 0.15) is 20.8 Å². The number of nitrogens with one attached hydrogen (secondary N) is 1. The average Bonchev–Trinajstić information content (AvgIpc) is 2.25. The molecule has 5 nitrogen and oxygen atoms in total. The molecule has 0 radical (unpaired) electrons. The lowest BCUT2D eigenvalue weighted by molar-refractivity contribution is 0.200. The fraction of sp³-hybridized carbons (Fsp3) is 0.846. The molecule has 1 heterocycles. The third kappa shape index (κ3) is 6.51. The van der Waals surface area contributed by atoms with E-state index < -0.39 is 10.0 Å². The molecular formula is C13H27N3O2S. The monoisotopic (exact) mass is 289 g/mol. The van der Waals surface area contributed by atoms with E-state index in [9.17, 15) is 8.42 Å². The number of piperazine rings is 1. The molecule has 0 aromatic rings. The van der Waals surface area contributed by atoms with Gasteiger partial charge in [-0.1, -0.05) is 6.58 Å². The van der Waals surface area contributed by atoms with Crippen LogP contribution < -0.4 is 5.32 Å². The number of hydrogen-bond acceptors (Lipinski definition) is 4. The lowest BCUT2D eigenvalue weighted by Crippen LogP contribution is -2.49. The fourth-order valence-electron chi connectivity index (χ4n) is 1.98. The highest BCUT2D eigenvalue weighted by Gasteiger charge is 2.23. The average molecular weight is 289 g/mol. The van der Waals surface area contributed by atoms with Crippen molar-refractivity contribution in [1.29, 1.82) is 0 Å². The summed E-state index contributed by atoms with van der Waals surface area (Å²) in [6.45, 7) is 14.8. The SMILES string of the molecule is C=C(CNC(C)(C)C)CN1CCN(S(C)(=O)=O)CC1. The molecule has 6 heteroatoms. The van der Waals surface area contributed by atoms with Crippen molar-refractivity contribution >= 4 is 10.0 Å². The molecule has 0 spiro atoms. The lowest BCUT2D eigenvalue weighted by Gasteiger charge is -2.34. The molecule has 0 unspecified atom stereocenters. The molecule has 0 amide bonds. The highest BCUT2D eigenvalue weighted by atomic mass is 32.2. The van der Waals surface area contributed by atoms with E-state index in [1.807, 2.05) is 0 Å². The summed E-state index contributed by atoms with van der Waals surface area (Å²) in [5, 5.41) is 3.41. The molecule has 0 saturated carbocycles. The summed E-state index contributed by atoms with van der Waals surface area (Å²) in [5.74, 6) is 0. The van der Waals surface area contributed by atoms with Gasteiger partial charge in [0.2, 0.25) is 10.0 Å². The molecule has 0 aliphatic carbocycles. The molecule has 1 fully saturated rings. The Bertz CT molecular complexity index is 404. The molecule has 0 aromatic heterocycles. The molecule has 1 saturated heterocycles. The third-order valence-electron chi connectivity index (χ3n) is 3.12. The first kappa shape index (κ1) is 16.6. The summed E-state index contributed by atoms with van der Waals surface area (Å²) in [5.41, 5.74) is 1.24. The van der Waals surface area contributed by atoms with Gasteiger partial charge in [-0.3, -0.25) is 4.90 Å². The Kier molecular flexibility index (Phi) is 5.55. The highest BCUT2D eigenvalue weighted by Crippen LogP contribution is 2.08. The van der Waals surface area contributed by atoms with Crippen molar-refractivity contribution in [3.63, 3.8) is 0 Å². The van der Waals surface area contributed by atoms with Crippen molar-refractivity contribution in [2.24, 2.45) is 0 Å². The smallest absolute Gasteiger partial charge is 0.211 e. The molecule has 112 valence electrons. The number of sulfonamides is 1. The number of nitrogens with zero attached hydrogens (tertiary/aromatic N) is 2. The molecule has 0 bridgehead atoms. The third-order valence-corrected chi connectivity index (χ3v) is 4.42. The van der Waals surface area contributed by atoms with E-state index in [1.54, 1.807) is 4.31 Å². The van der Waals surface area contributed by atoms with E-state index in [4.69, 9.17) is 0 Å². The van der Waals surface area contributed by atoms with Gasteiger partial charge in [0.1, 0.15) is 0 Å². The molecule has 1 aliphatic heterocycles. The van der Waals surface area contributed by atoms with Gasteiger partial charge in [-0.05, 0) is 26.3 Å². The van der Waals surface area contributed by atoms with Crippen LogP contribution in [0.25, 0.3) is 0 Å². The van der Waals surface area contributed by atoms with Gasteiger partial charge in [-0.2, -0.15) is 4.31 Å². The van der Waals surface area contributed by atoms with Gasteiger partial charge < -0.3 is 5.32 Å². The van der Waals surface area contributed by atoms with Gasteiger partial charge in [-0.15, -0.1) is 0 Å². The van der Waals surface area contributed by atoms with Gasteiger partial charge in [0.15, 0.2) is 0 Å². The van der Waals surface area contributed by atoms with Gasteiger partial charge >= 0.3 is 0 Å². The summed E-state index contributed by atoms with van der Waals surface area (Å²) in [7, 11) is -3.04. The first-order valence-corrected chi connectivity index (χ1v) is 8.52. The molecule has 1 N–H and O–H groups in total. The van der Waals surface area contributed by atoms with Crippen LogP contribution in [0, 0.1) is 0 Å². The van der Waals surface area contributed by atoms with E-state index in [1.165, 1.54) is 6.26 Å². The van der Waals surface area contributed by atoms with E-state index in [-0.39, 0.29) is 5.54 Å². The standard InChI is InChI=1S/C13H27N3O2S/c1-12(10-14-13(2,3)4)11-15-6-8-16(9-7-15)19(5,17)18/h14H,1,6-11H2,2-5H3. The topological polar surface area (TPSA) is 52.6 Å². The van der Waals surface area contributed by atoms with Gasteiger partial charge in [0, 0.05) is 44.8 Å². The minimum atomic E-state index is -3.04. The number of hydrogen-bond donors (Lipinski definition) is 1. The van der Waals surface area contributed by atoms with Crippen LogP contribution in [0.15, 0.2) is 12.2 Å². The van der Waals surface area contributed by atoms with Crippen LogP contribution in [-0.2, 0) is 10.0 Å². The summed E-state index contributed by atoms with van der Waals surface area (Å²) < 4.78 is 24.4. The summed E-state index contributed by atoms with van der Waals surface area (Å²) in [6, 6.07) is 0. The van der Waals surface area contributed by atoms with Gasteiger partial charge in [-0.25, -0.2) is 8.42 Å². The Morgan fingerprint density at radius 3 is 2.16 bits per heavy atom. The molecule has 0 aromatic carbocycles. The van der Waals surface area contributed by atoms with Crippen molar-refractivity contribution in [3.8, 4) is 0 Å². The first-order chi connectivity index (χ1) is 8.58. The van der Waals surface area contributed by atoms with Crippen LogP contribution in [0.5, 0.6) is 0 Å². The summed E-state index contributed by atoms with van der Waals surface area (Å²) >= 11 is 0. The number of rotatable bonds is 5. The van der Waals surface area contributed by atoms with Crippen LogP contribution in [-0.4, -0.2) is 68.7 Å². The minimum absolute atomic E-state index is 0.0952. The minimum Gasteiger partial charge on any atom is -0.308 e. The predicted molar refractivity (Wildman–Crippen MR) is 79.8 cm³/mol. The zero-order valence-corrected chi connectivity index (χ0v) is 13.4. The Morgan fingerprint density at radius 1 is 1.21 bits per heavy atom. The van der Waals surface area contributed by atoms with Crippen LogP contribution in [0.3, 0.4) is 0 Å². The van der Waals surface area contributed by atoms with Crippen molar-refractivity contribution in [1.82, 2.24) is 14.5 Å². The van der Waals surface area contributed by atoms with E-state index in [0.717, 1.165) is 31.8 Å². The van der Waals surface area contributed by atoms with Crippen molar-refractivity contribution in [2.75, 3.05) is 45.5 Å². The predicted octanol–water partition coefficient (Wildman–Crippen LogP) is 0.508. The Hall–Kier alpha value is -0.430. The maximum atomic E-state index is 11.4. The Balaban J connectivity index is 2.31.